The van der Waals surface area contributed by atoms with E-state index in [0.29, 0.717) is 11.0 Å². The van der Waals surface area contributed by atoms with Crippen LogP contribution in [-0.4, -0.2) is 14.5 Å². The van der Waals surface area contributed by atoms with Crippen LogP contribution in [0.15, 0.2) is 53.7 Å². The quantitative estimate of drug-likeness (QED) is 0.687. The smallest absolute Gasteiger partial charge is 0.263 e. The highest BCUT2D eigenvalue weighted by molar-refractivity contribution is 5.72. The first-order valence-electron chi connectivity index (χ1n) is 7.24. The van der Waals surface area contributed by atoms with Crippen LogP contribution in [0.3, 0.4) is 0 Å². The molecule has 0 saturated carbocycles. The van der Waals surface area contributed by atoms with E-state index in [4.69, 9.17) is 0 Å². The summed E-state index contributed by atoms with van der Waals surface area (Å²) in [6.07, 6.45) is 6.47. The minimum atomic E-state index is -0.00481. The van der Waals surface area contributed by atoms with E-state index in [9.17, 15) is 4.79 Å². The summed E-state index contributed by atoms with van der Waals surface area (Å²) < 4.78 is 1.77. The lowest BCUT2D eigenvalue weighted by atomic mass is 9.87. The van der Waals surface area contributed by atoms with Crippen LogP contribution in [0.5, 0.6) is 0 Å². The summed E-state index contributed by atoms with van der Waals surface area (Å²) in [5.41, 5.74) is 3.10. The summed E-state index contributed by atoms with van der Waals surface area (Å²) >= 11 is 0. The van der Waals surface area contributed by atoms with Gasteiger partial charge in [-0.05, 0) is 42.5 Å². The van der Waals surface area contributed by atoms with Crippen LogP contribution < -0.4 is 5.56 Å². The molecule has 0 spiro atoms. The third-order valence-electron chi connectivity index (χ3n) is 4.23. The Hall–Kier alpha value is -2.49. The van der Waals surface area contributed by atoms with Crippen LogP contribution in [0.1, 0.15) is 30.0 Å². The molecular formula is C17H15N3O. The van der Waals surface area contributed by atoms with E-state index in [1.807, 2.05) is 6.07 Å². The van der Waals surface area contributed by atoms with Gasteiger partial charge in [-0.15, -0.1) is 0 Å². The van der Waals surface area contributed by atoms with Crippen LogP contribution in [0.25, 0.3) is 11.0 Å². The fraction of sp³-hybridized carbons (Fsp3) is 0.235. The summed E-state index contributed by atoms with van der Waals surface area (Å²) in [7, 11) is 0. The maximum atomic E-state index is 12.7. The lowest BCUT2D eigenvalue weighted by Gasteiger charge is -2.27. The molecule has 4 nitrogen and oxygen atoms in total. The second-order valence-corrected chi connectivity index (χ2v) is 5.44. The SMILES string of the molecule is O=c1c2cccnc2ncn1[C@H]1CCCc2ccccc21. The van der Waals surface area contributed by atoms with E-state index >= 15 is 0 Å². The van der Waals surface area contributed by atoms with Crippen molar-refractivity contribution < 1.29 is 0 Å². The van der Waals surface area contributed by atoms with E-state index in [1.54, 1.807) is 29.2 Å². The third-order valence-corrected chi connectivity index (χ3v) is 4.23. The Labute approximate surface area is 122 Å². The molecule has 0 amide bonds. The molecular weight excluding hydrogens is 262 g/mol. The van der Waals surface area contributed by atoms with Gasteiger partial charge in [0.25, 0.3) is 5.56 Å². The summed E-state index contributed by atoms with van der Waals surface area (Å²) in [6.45, 7) is 0. The predicted molar refractivity (Wildman–Crippen MR) is 81.3 cm³/mol. The Balaban J connectivity index is 1.92. The van der Waals surface area contributed by atoms with Gasteiger partial charge in [-0.2, -0.15) is 0 Å². The monoisotopic (exact) mass is 277 g/mol. The van der Waals surface area contributed by atoms with Crippen molar-refractivity contribution in [1.29, 1.82) is 0 Å². The number of rotatable bonds is 1. The fourth-order valence-corrected chi connectivity index (χ4v) is 3.21. The van der Waals surface area contributed by atoms with Crippen LogP contribution in [0.2, 0.25) is 0 Å². The fourth-order valence-electron chi connectivity index (χ4n) is 3.21. The zero-order valence-corrected chi connectivity index (χ0v) is 11.6. The van der Waals surface area contributed by atoms with Crippen LogP contribution in [0.4, 0.5) is 0 Å². The number of hydrogen-bond donors (Lipinski definition) is 0. The number of benzene rings is 1. The largest absolute Gasteiger partial charge is 0.291 e. The van der Waals surface area contributed by atoms with Crippen molar-refractivity contribution in [1.82, 2.24) is 14.5 Å². The lowest BCUT2D eigenvalue weighted by Crippen LogP contribution is -2.28. The first-order chi connectivity index (χ1) is 10.3. The van der Waals surface area contributed by atoms with Gasteiger partial charge in [-0.3, -0.25) is 9.36 Å². The van der Waals surface area contributed by atoms with Gasteiger partial charge >= 0.3 is 0 Å². The highest BCUT2D eigenvalue weighted by Crippen LogP contribution is 2.31. The number of fused-ring (bicyclic) bond motifs is 2. The molecule has 0 unspecified atom stereocenters. The maximum absolute atomic E-state index is 12.7. The van der Waals surface area contributed by atoms with E-state index in [2.05, 4.69) is 28.2 Å². The summed E-state index contributed by atoms with van der Waals surface area (Å²) in [5, 5.41) is 0.586. The number of aromatic nitrogens is 3. The molecule has 1 aliphatic carbocycles. The first-order valence-corrected chi connectivity index (χ1v) is 7.24. The normalized spacial score (nSPS) is 17.6. The molecule has 0 aliphatic heterocycles. The van der Waals surface area contributed by atoms with Crippen molar-refractivity contribution in [2.45, 2.75) is 25.3 Å². The maximum Gasteiger partial charge on any atom is 0.263 e. The van der Waals surface area contributed by atoms with E-state index < -0.39 is 0 Å². The number of aryl methyl sites for hydroxylation is 1. The van der Waals surface area contributed by atoms with Gasteiger partial charge in [0, 0.05) is 6.20 Å². The van der Waals surface area contributed by atoms with E-state index in [1.165, 1.54) is 11.1 Å². The second-order valence-electron chi connectivity index (χ2n) is 5.44. The van der Waals surface area contributed by atoms with Crippen LogP contribution in [0, 0.1) is 0 Å². The van der Waals surface area contributed by atoms with Gasteiger partial charge in [0.1, 0.15) is 6.33 Å². The molecule has 0 fully saturated rings. The Morgan fingerprint density at radius 2 is 2.00 bits per heavy atom. The Morgan fingerprint density at radius 3 is 2.95 bits per heavy atom. The molecule has 2 heterocycles. The van der Waals surface area contributed by atoms with Gasteiger partial charge in [0.05, 0.1) is 11.4 Å². The molecule has 4 heteroatoms. The van der Waals surface area contributed by atoms with Gasteiger partial charge in [-0.25, -0.2) is 9.97 Å². The molecule has 1 aliphatic rings. The van der Waals surface area contributed by atoms with Gasteiger partial charge in [-0.1, -0.05) is 24.3 Å². The van der Waals surface area contributed by atoms with Gasteiger partial charge in [0.15, 0.2) is 5.65 Å². The van der Waals surface area contributed by atoms with Gasteiger partial charge in [0.2, 0.25) is 0 Å². The Kier molecular flexibility index (Phi) is 2.81. The van der Waals surface area contributed by atoms with Crippen molar-refractivity contribution in [3.05, 3.63) is 70.4 Å². The van der Waals surface area contributed by atoms with Crippen molar-refractivity contribution >= 4 is 11.0 Å². The third kappa shape index (κ3) is 1.95. The average Bonchev–Trinajstić information content (AvgIpc) is 2.55. The number of pyridine rings is 1. The number of nitrogens with zero attached hydrogens (tertiary/aromatic N) is 3. The minimum Gasteiger partial charge on any atom is -0.291 e. The molecule has 21 heavy (non-hydrogen) atoms. The molecule has 0 saturated heterocycles. The average molecular weight is 277 g/mol. The summed E-state index contributed by atoms with van der Waals surface area (Å²) in [6, 6.07) is 12.0. The molecule has 0 radical (unpaired) electrons. The van der Waals surface area contributed by atoms with Crippen LogP contribution in [-0.2, 0) is 6.42 Å². The highest BCUT2D eigenvalue weighted by atomic mass is 16.1. The first kappa shape index (κ1) is 12.3. The molecule has 1 atom stereocenters. The topological polar surface area (TPSA) is 47.8 Å². The molecule has 4 rings (SSSR count). The standard InChI is InChI=1S/C17H15N3O/c21-17-14-8-4-10-18-16(14)19-11-20(17)15-9-3-6-12-5-1-2-7-13(12)15/h1-2,4-5,7-8,10-11,15H,3,6,9H2/t15-/m0/s1. The van der Waals surface area contributed by atoms with Crippen LogP contribution >= 0.6 is 0 Å². The molecule has 3 aromatic rings. The summed E-state index contributed by atoms with van der Waals surface area (Å²) in [4.78, 5) is 21.2. The summed E-state index contributed by atoms with van der Waals surface area (Å²) in [5.74, 6) is 0. The predicted octanol–water partition coefficient (Wildman–Crippen LogP) is 2.72. The minimum absolute atomic E-state index is 0.00481. The van der Waals surface area contributed by atoms with Gasteiger partial charge < -0.3 is 0 Å². The van der Waals surface area contributed by atoms with Crippen molar-refractivity contribution in [3.63, 3.8) is 0 Å². The second kappa shape index (κ2) is 4.81. The zero-order chi connectivity index (χ0) is 14.2. The molecule has 0 N–H and O–H groups in total. The number of hydrogen-bond acceptors (Lipinski definition) is 3. The Bertz CT molecular complexity index is 869. The molecule has 1 aromatic carbocycles. The Morgan fingerprint density at radius 1 is 1.10 bits per heavy atom. The van der Waals surface area contributed by atoms with E-state index in [0.717, 1.165) is 19.3 Å². The molecule has 0 bridgehead atoms. The zero-order valence-electron chi connectivity index (χ0n) is 11.6. The lowest BCUT2D eigenvalue weighted by molar-refractivity contribution is 0.475. The highest BCUT2D eigenvalue weighted by Gasteiger charge is 2.22. The van der Waals surface area contributed by atoms with Crippen molar-refractivity contribution in [2.24, 2.45) is 0 Å². The van der Waals surface area contributed by atoms with E-state index in [-0.39, 0.29) is 11.6 Å². The molecule has 2 aromatic heterocycles. The molecule has 104 valence electrons. The van der Waals surface area contributed by atoms with Crippen molar-refractivity contribution in [3.8, 4) is 0 Å². The van der Waals surface area contributed by atoms with Crippen molar-refractivity contribution in [2.75, 3.05) is 0 Å².